The van der Waals surface area contributed by atoms with E-state index in [1.807, 2.05) is 5.43 Å². The fourth-order valence-electron chi connectivity index (χ4n) is 1.08. The molecule has 0 atom stereocenters. The van der Waals surface area contributed by atoms with Gasteiger partial charge in [0.15, 0.2) is 0 Å². The Kier molecular flexibility index (Phi) is 5.41. The van der Waals surface area contributed by atoms with Crippen LogP contribution in [0.3, 0.4) is 0 Å². The predicted octanol–water partition coefficient (Wildman–Crippen LogP) is -0.152. The van der Waals surface area contributed by atoms with Crippen LogP contribution in [0.4, 0.5) is 0 Å². The second-order valence-corrected chi connectivity index (χ2v) is 3.03. The molecule has 0 fully saturated rings. The van der Waals surface area contributed by atoms with Crippen molar-refractivity contribution in [3.8, 4) is 0 Å². The maximum Gasteiger partial charge on any atom is 0.283 e. The van der Waals surface area contributed by atoms with Gasteiger partial charge in [0.25, 0.3) is 5.91 Å². The molecule has 6 heteroatoms. The average molecular weight is 225 g/mol. The summed E-state index contributed by atoms with van der Waals surface area (Å²) < 4.78 is 10.1. The van der Waals surface area contributed by atoms with Crippen molar-refractivity contribution in [2.75, 3.05) is 20.3 Å². The van der Waals surface area contributed by atoms with Gasteiger partial charge in [0.05, 0.1) is 25.5 Å². The van der Waals surface area contributed by atoms with Crippen LogP contribution in [0.25, 0.3) is 0 Å². The topological polar surface area (TPSA) is 86.5 Å². The van der Waals surface area contributed by atoms with Crippen molar-refractivity contribution >= 4 is 5.91 Å². The molecule has 0 saturated heterocycles. The zero-order valence-corrected chi connectivity index (χ0v) is 9.10. The lowest BCUT2D eigenvalue weighted by Crippen LogP contribution is -2.30. The monoisotopic (exact) mass is 225 g/mol. The molecule has 1 rings (SSSR count). The Labute approximate surface area is 93.7 Å². The summed E-state index contributed by atoms with van der Waals surface area (Å²) in [5.41, 5.74) is 2.97. The first-order chi connectivity index (χ1) is 7.77. The highest BCUT2D eigenvalue weighted by molar-refractivity contribution is 5.91. The first-order valence-electron chi connectivity index (χ1n) is 4.81. The van der Waals surface area contributed by atoms with E-state index in [2.05, 4.69) is 4.98 Å². The number of aromatic nitrogens is 1. The van der Waals surface area contributed by atoms with Gasteiger partial charge in [0, 0.05) is 7.11 Å². The molecule has 0 saturated carbocycles. The molecular formula is C10H15N3O3. The van der Waals surface area contributed by atoms with Crippen molar-refractivity contribution in [2.24, 2.45) is 5.84 Å². The van der Waals surface area contributed by atoms with Crippen LogP contribution < -0.4 is 11.3 Å². The summed E-state index contributed by atoms with van der Waals surface area (Å²) in [7, 11) is 1.60. The highest BCUT2D eigenvalue weighted by Crippen LogP contribution is 2.01. The standard InChI is InChI=1S/C10H15N3O3/c1-15-5-6-16-7-8-3-2-4-9(12-8)10(14)13-11/h2-4H,5-7,11H2,1H3,(H,13,14). The number of pyridine rings is 1. The van der Waals surface area contributed by atoms with Crippen molar-refractivity contribution in [2.45, 2.75) is 6.61 Å². The molecule has 0 bridgehead atoms. The lowest BCUT2D eigenvalue weighted by Gasteiger charge is -2.04. The molecule has 0 aliphatic heterocycles. The lowest BCUT2D eigenvalue weighted by molar-refractivity contribution is 0.0601. The summed E-state index contributed by atoms with van der Waals surface area (Å²) in [6.07, 6.45) is 0. The van der Waals surface area contributed by atoms with Gasteiger partial charge in [0.2, 0.25) is 0 Å². The highest BCUT2D eigenvalue weighted by Gasteiger charge is 2.05. The van der Waals surface area contributed by atoms with Gasteiger partial charge in [0.1, 0.15) is 5.69 Å². The fourth-order valence-corrected chi connectivity index (χ4v) is 1.08. The van der Waals surface area contributed by atoms with Crippen LogP contribution in [0.15, 0.2) is 18.2 Å². The number of carbonyl (C=O) groups is 1. The number of rotatable bonds is 6. The van der Waals surface area contributed by atoms with Crippen LogP contribution in [0.2, 0.25) is 0 Å². The number of nitrogens with two attached hydrogens (primary N) is 1. The number of carbonyl (C=O) groups excluding carboxylic acids is 1. The number of amides is 1. The Balaban J connectivity index is 2.50. The summed E-state index contributed by atoms with van der Waals surface area (Å²) in [6.45, 7) is 1.36. The van der Waals surface area contributed by atoms with Crippen LogP contribution in [0, 0.1) is 0 Å². The van der Waals surface area contributed by atoms with E-state index in [4.69, 9.17) is 15.3 Å². The fraction of sp³-hybridized carbons (Fsp3) is 0.400. The Morgan fingerprint density at radius 1 is 1.50 bits per heavy atom. The van der Waals surface area contributed by atoms with Gasteiger partial charge >= 0.3 is 0 Å². The van der Waals surface area contributed by atoms with E-state index in [9.17, 15) is 4.79 Å². The minimum atomic E-state index is -0.418. The molecule has 1 amide bonds. The van der Waals surface area contributed by atoms with Gasteiger partial charge in [-0.05, 0) is 12.1 Å². The first kappa shape index (κ1) is 12.6. The number of nitrogens with zero attached hydrogens (tertiary/aromatic N) is 1. The summed E-state index contributed by atoms with van der Waals surface area (Å²) >= 11 is 0. The van der Waals surface area contributed by atoms with E-state index in [0.717, 1.165) is 0 Å². The molecule has 6 nitrogen and oxygen atoms in total. The molecule has 88 valence electrons. The van der Waals surface area contributed by atoms with Crippen LogP contribution in [-0.4, -0.2) is 31.2 Å². The van der Waals surface area contributed by atoms with E-state index in [1.165, 1.54) is 0 Å². The second-order valence-electron chi connectivity index (χ2n) is 3.03. The molecule has 3 N–H and O–H groups in total. The third-order valence-corrected chi connectivity index (χ3v) is 1.85. The predicted molar refractivity (Wildman–Crippen MR) is 57.4 cm³/mol. The van der Waals surface area contributed by atoms with Crippen molar-refractivity contribution in [3.05, 3.63) is 29.6 Å². The maximum absolute atomic E-state index is 11.2. The van der Waals surface area contributed by atoms with Gasteiger partial charge in [-0.1, -0.05) is 6.07 Å². The van der Waals surface area contributed by atoms with Gasteiger partial charge in [-0.3, -0.25) is 10.2 Å². The molecule has 1 heterocycles. The summed E-state index contributed by atoms with van der Waals surface area (Å²) in [5.74, 6) is 4.59. The van der Waals surface area contributed by atoms with Crippen molar-refractivity contribution in [1.29, 1.82) is 0 Å². The van der Waals surface area contributed by atoms with Crippen molar-refractivity contribution in [3.63, 3.8) is 0 Å². The number of nitrogens with one attached hydrogen (secondary N) is 1. The Morgan fingerprint density at radius 2 is 2.31 bits per heavy atom. The smallest absolute Gasteiger partial charge is 0.283 e. The summed E-state index contributed by atoms with van der Waals surface area (Å²) in [5, 5.41) is 0. The maximum atomic E-state index is 11.2. The average Bonchev–Trinajstić information content (AvgIpc) is 2.34. The zero-order valence-electron chi connectivity index (χ0n) is 9.10. The molecule has 0 aliphatic carbocycles. The number of nitrogen functional groups attached to an aromatic ring is 1. The summed E-state index contributed by atoms with van der Waals surface area (Å²) in [4.78, 5) is 15.3. The first-order valence-corrected chi connectivity index (χ1v) is 4.81. The van der Waals surface area contributed by atoms with Crippen molar-refractivity contribution in [1.82, 2.24) is 10.4 Å². The molecule has 1 aromatic rings. The minimum Gasteiger partial charge on any atom is -0.382 e. The SMILES string of the molecule is COCCOCc1cccc(C(=O)NN)n1. The number of hydrogen-bond donors (Lipinski definition) is 2. The Morgan fingerprint density at radius 3 is 3.00 bits per heavy atom. The molecule has 1 aromatic heterocycles. The van der Waals surface area contributed by atoms with Gasteiger partial charge < -0.3 is 9.47 Å². The van der Waals surface area contributed by atoms with Gasteiger partial charge in [-0.25, -0.2) is 10.8 Å². The van der Waals surface area contributed by atoms with Gasteiger partial charge in [-0.15, -0.1) is 0 Å². The second kappa shape index (κ2) is 6.89. The molecular weight excluding hydrogens is 210 g/mol. The summed E-state index contributed by atoms with van der Waals surface area (Å²) in [6, 6.07) is 5.09. The Hall–Kier alpha value is -1.50. The molecule has 0 radical (unpaired) electrons. The van der Waals surface area contributed by atoms with Crippen LogP contribution >= 0.6 is 0 Å². The minimum absolute atomic E-state index is 0.273. The van der Waals surface area contributed by atoms with Gasteiger partial charge in [-0.2, -0.15) is 0 Å². The normalized spacial score (nSPS) is 10.1. The largest absolute Gasteiger partial charge is 0.382 e. The zero-order chi connectivity index (χ0) is 11.8. The number of hydrazine groups is 1. The number of methoxy groups -OCH3 is 1. The number of hydrogen-bond acceptors (Lipinski definition) is 5. The molecule has 0 spiro atoms. The molecule has 16 heavy (non-hydrogen) atoms. The van der Waals surface area contributed by atoms with Crippen LogP contribution in [0.5, 0.6) is 0 Å². The van der Waals surface area contributed by atoms with Crippen molar-refractivity contribution < 1.29 is 14.3 Å². The Bertz CT molecular complexity index is 344. The molecule has 0 aromatic carbocycles. The highest BCUT2D eigenvalue weighted by atomic mass is 16.5. The molecule has 0 unspecified atom stereocenters. The van der Waals surface area contributed by atoms with E-state index >= 15 is 0 Å². The quantitative estimate of drug-likeness (QED) is 0.304. The third-order valence-electron chi connectivity index (χ3n) is 1.85. The molecule has 0 aliphatic rings. The van der Waals surface area contributed by atoms with Crippen LogP contribution in [0.1, 0.15) is 16.2 Å². The van der Waals surface area contributed by atoms with E-state index in [0.29, 0.717) is 25.5 Å². The van der Waals surface area contributed by atoms with Crippen LogP contribution in [-0.2, 0) is 16.1 Å². The van der Waals surface area contributed by atoms with E-state index < -0.39 is 5.91 Å². The third kappa shape index (κ3) is 3.93. The lowest BCUT2D eigenvalue weighted by atomic mass is 10.3. The van der Waals surface area contributed by atoms with E-state index in [1.54, 1.807) is 25.3 Å². The van der Waals surface area contributed by atoms with E-state index in [-0.39, 0.29) is 5.69 Å². The number of ether oxygens (including phenoxy) is 2.